The van der Waals surface area contributed by atoms with Crippen LogP contribution in [0.5, 0.6) is 5.75 Å². The van der Waals surface area contributed by atoms with Gasteiger partial charge in [-0.3, -0.25) is 19.7 Å². The SMILES string of the molecule is CC1Oc2cc(NC(=O)c3ccc([N+](=O)[O-])cc3)ccc2N(Cc2ccccc2)C1=O. The van der Waals surface area contributed by atoms with E-state index in [9.17, 15) is 19.7 Å². The summed E-state index contributed by atoms with van der Waals surface area (Å²) in [4.78, 5) is 37.1. The van der Waals surface area contributed by atoms with Crippen LogP contribution in [0.1, 0.15) is 22.8 Å². The number of amides is 2. The third-order valence-electron chi connectivity index (χ3n) is 4.95. The molecule has 2 amide bonds. The van der Waals surface area contributed by atoms with Gasteiger partial charge < -0.3 is 15.0 Å². The third kappa shape index (κ3) is 4.23. The topological polar surface area (TPSA) is 102 Å². The van der Waals surface area contributed by atoms with Gasteiger partial charge >= 0.3 is 0 Å². The molecule has 8 nitrogen and oxygen atoms in total. The molecule has 4 rings (SSSR count). The summed E-state index contributed by atoms with van der Waals surface area (Å²) in [6, 6.07) is 20.1. The highest BCUT2D eigenvalue weighted by Crippen LogP contribution is 2.37. The summed E-state index contributed by atoms with van der Waals surface area (Å²) in [6.07, 6.45) is -0.656. The van der Waals surface area contributed by atoms with Crippen molar-refractivity contribution < 1.29 is 19.2 Å². The van der Waals surface area contributed by atoms with Crippen molar-refractivity contribution in [1.82, 2.24) is 0 Å². The predicted molar refractivity (Wildman–Crippen MR) is 115 cm³/mol. The lowest BCUT2D eigenvalue weighted by Gasteiger charge is -2.33. The predicted octanol–water partition coefficient (Wildman–Crippen LogP) is 4.16. The van der Waals surface area contributed by atoms with E-state index in [0.717, 1.165) is 5.56 Å². The van der Waals surface area contributed by atoms with Crippen molar-refractivity contribution in [2.45, 2.75) is 19.6 Å². The lowest BCUT2D eigenvalue weighted by molar-refractivity contribution is -0.384. The number of hydrogen-bond donors (Lipinski definition) is 1. The van der Waals surface area contributed by atoms with E-state index in [-0.39, 0.29) is 11.6 Å². The van der Waals surface area contributed by atoms with Gasteiger partial charge in [-0.05, 0) is 36.8 Å². The average molecular weight is 417 g/mol. The zero-order chi connectivity index (χ0) is 22.0. The molecule has 0 fully saturated rings. The number of hydrogen-bond acceptors (Lipinski definition) is 5. The number of nitro groups is 1. The van der Waals surface area contributed by atoms with Gasteiger partial charge in [-0.25, -0.2) is 0 Å². The maximum Gasteiger partial charge on any atom is 0.269 e. The van der Waals surface area contributed by atoms with Crippen LogP contribution in [-0.4, -0.2) is 22.8 Å². The molecule has 0 bridgehead atoms. The van der Waals surface area contributed by atoms with Crippen LogP contribution in [-0.2, 0) is 11.3 Å². The van der Waals surface area contributed by atoms with Gasteiger partial charge in [0.05, 0.1) is 17.2 Å². The Morgan fingerprint density at radius 2 is 1.81 bits per heavy atom. The van der Waals surface area contributed by atoms with E-state index in [1.54, 1.807) is 30.0 Å². The first-order valence-electron chi connectivity index (χ1n) is 9.64. The van der Waals surface area contributed by atoms with Crippen LogP contribution in [0.15, 0.2) is 72.8 Å². The van der Waals surface area contributed by atoms with E-state index >= 15 is 0 Å². The van der Waals surface area contributed by atoms with Crippen LogP contribution >= 0.6 is 0 Å². The molecule has 3 aromatic carbocycles. The molecule has 3 aromatic rings. The molecule has 0 aromatic heterocycles. The maximum atomic E-state index is 12.7. The molecular weight excluding hydrogens is 398 g/mol. The van der Waals surface area contributed by atoms with Gasteiger partial charge in [-0.1, -0.05) is 30.3 Å². The molecule has 1 unspecified atom stereocenters. The highest BCUT2D eigenvalue weighted by Gasteiger charge is 2.31. The van der Waals surface area contributed by atoms with Gasteiger partial charge in [0.25, 0.3) is 17.5 Å². The minimum atomic E-state index is -0.656. The second kappa shape index (κ2) is 8.27. The molecule has 0 radical (unpaired) electrons. The Hall–Kier alpha value is -4.20. The molecule has 156 valence electrons. The van der Waals surface area contributed by atoms with Gasteiger partial charge in [0.15, 0.2) is 6.10 Å². The molecular formula is C23H19N3O5. The number of non-ortho nitro benzene ring substituents is 1. The first-order valence-corrected chi connectivity index (χ1v) is 9.64. The number of carbonyl (C=O) groups is 2. The van der Waals surface area contributed by atoms with E-state index in [2.05, 4.69) is 5.32 Å². The highest BCUT2D eigenvalue weighted by atomic mass is 16.6. The maximum absolute atomic E-state index is 12.7. The minimum absolute atomic E-state index is 0.0871. The average Bonchev–Trinajstić information content (AvgIpc) is 2.77. The number of nitrogens with one attached hydrogen (secondary N) is 1. The summed E-state index contributed by atoms with van der Waals surface area (Å²) in [5.41, 5.74) is 2.31. The molecule has 0 saturated carbocycles. The number of fused-ring (bicyclic) bond motifs is 1. The summed E-state index contributed by atoms with van der Waals surface area (Å²) >= 11 is 0. The normalized spacial score (nSPS) is 15.1. The van der Waals surface area contributed by atoms with E-state index < -0.39 is 16.9 Å². The molecule has 0 saturated heterocycles. The zero-order valence-electron chi connectivity index (χ0n) is 16.6. The van der Waals surface area contributed by atoms with Crippen LogP contribution < -0.4 is 15.0 Å². The molecule has 1 aliphatic rings. The van der Waals surface area contributed by atoms with Crippen molar-refractivity contribution in [3.63, 3.8) is 0 Å². The number of anilines is 2. The number of benzene rings is 3. The second-order valence-corrected chi connectivity index (χ2v) is 7.11. The second-order valence-electron chi connectivity index (χ2n) is 7.11. The fourth-order valence-corrected chi connectivity index (χ4v) is 3.36. The van der Waals surface area contributed by atoms with Crippen LogP contribution in [0.3, 0.4) is 0 Å². The Morgan fingerprint density at radius 1 is 1.10 bits per heavy atom. The molecule has 1 aliphatic heterocycles. The molecule has 1 N–H and O–H groups in total. The van der Waals surface area contributed by atoms with Crippen molar-refractivity contribution in [3.05, 3.63) is 94.0 Å². The Kier molecular flexibility index (Phi) is 5.36. The van der Waals surface area contributed by atoms with Gasteiger partial charge in [-0.2, -0.15) is 0 Å². The van der Waals surface area contributed by atoms with Crippen molar-refractivity contribution in [3.8, 4) is 5.75 Å². The van der Waals surface area contributed by atoms with Crippen molar-refractivity contribution in [2.24, 2.45) is 0 Å². The van der Waals surface area contributed by atoms with Crippen LogP contribution in [0.4, 0.5) is 17.1 Å². The van der Waals surface area contributed by atoms with Crippen molar-refractivity contribution in [1.29, 1.82) is 0 Å². The van der Waals surface area contributed by atoms with Gasteiger partial charge in [-0.15, -0.1) is 0 Å². The zero-order valence-corrected chi connectivity index (χ0v) is 16.6. The fraction of sp³-hybridized carbons (Fsp3) is 0.130. The van der Waals surface area contributed by atoms with E-state index in [4.69, 9.17) is 4.74 Å². The van der Waals surface area contributed by atoms with Crippen LogP contribution in [0, 0.1) is 10.1 Å². The number of nitrogens with zero attached hydrogens (tertiary/aromatic N) is 2. The summed E-state index contributed by atoms with van der Waals surface area (Å²) in [6.45, 7) is 2.10. The van der Waals surface area contributed by atoms with Crippen molar-refractivity contribution >= 4 is 28.9 Å². The Labute approximate surface area is 178 Å². The summed E-state index contributed by atoms with van der Waals surface area (Å²) in [5.74, 6) is -0.0560. The van der Waals surface area contributed by atoms with E-state index in [1.807, 2.05) is 30.3 Å². The van der Waals surface area contributed by atoms with Crippen LogP contribution in [0.2, 0.25) is 0 Å². The van der Waals surface area contributed by atoms with Crippen molar-refractivity contribution in [2.75, 3.05) is 10.2 Å². The molecule has 0 aliphatic carbocycles. The molecule has 1 heterocycles. The molecule has 0 spiro atoms. The standard InChI is InChI=1S/C23H19N3O5/c1-15-23(28)25(14-16-5-3-2-4-6-16)20-12-9-18(13-21(20)31-15)24-22(27)17-7-10-19(11-8-17)26(29)30/h2-13,15H,14H2,1H3,(H,24,27). The Bertz CT molecular complexity index is 1150. The quantitative estimate of drug-likeness (QED) is 0.496. The smallest absolute Gasteiger partial charge is 0.269 e. The van der Waals surface area contributed by atoms with E-state index in [0.29, 0.717) is 29.2 Å². The molecule has 1 atom stereocenters. The monoisotopic (exact) mass is 417 g/mol. The highest BCUT2D eigenvalue weighted by molar-refractivity contribution is 6.05. The Morgan fingerprint density at radius 3 is 2.48 bits per heavy atom. The molecule has 8 heteroatoms. The van der Waals surface area contributed by atoms with Crippen LogP contribution in [0.25, 0.3) is 0 Å². The number of carbonyl (C=O) groups excluding carboxylic acids is 2. The minimum Gasteiger partial charge on any atom is -0.479 e. The Balaban J connectivity index is 1.56. The lowest BCUT2D eigenvalue weighted by Crippen LogP contribution is -2.44. The lowest BCUT2D eigenvalue weighted by atomic mass is 10.1. The number of rotatable bonds is 5. The van der Waals surface area contributed by atoms with Gasteiger partial charge in [0, 0.05) is 29.4 Å². The first-order chi connectivity index (χ1) is 14.9. The summed E-state index contributed by atoms with van der Waals surface area (Å²) < 4.78 is 5.76. The van der Waals surface area contributed by atoms with Gasteiger partial charge in [0.2, 0.25) is 0 Å². The van der Waals surface area contributed by atoms with E-state index in [1.165, 1.54) is 24.3 Å². The first kappa shape index (κ1) is 20.1. The number of ether oxygens (including phenoxy) is 1. The van der Waals surface area contributed by atoms with Gasteiger partial charge in [0.1, 0.15) is 5.75 Å². The summed E-state index contributed by atoms with van der Waals surface area (Å²) in [5, 5.41) is 13.5. The summed E-state index contributed by atoms with van der Waals surface area (Å²) in [7, 11) is 0. The fourth-order valence-electron chi connectivity index (χ4n) is 3.36. The third-order valence-corrected chi connectivity index (χ3v) is 4.95. The largest absolute Gasteiger partial charge is 0.479 e. The number of nitro benzene ring substituents is 1. The molecule has 31 heavy (non-hydrogen) atoms.